The molecule has 6 heteroatoms. The average molecular weight is 347 g/mol. The molecule has 0 amide bonds. The quantitative estimate of drug-likeness (QED) is 0.556. The second kappa shape index (κ2) is 6.49. The molecule has 25 heavy (non-hydrogen) atoms. The minimum absolute atomic E-state index is 0.816. The van der Waals surface area contributed by atoms with Gasteiger partial charge in [-0.25, -0.2) is 9.67 Å². The number of hydrogen-bond acceptors (Lipinski definition) is 4. The molecule has 4 aromatic rings. The molecule has 0 bridgehead atoms. The number of aromatic amines is 1. The number of rotatable bonds is 3. The molecule has 0 radical (unpaired) electrons. The zero-order valence-electron chi connectivity index (χ0n) is 14.0. The van der Waals surface area contributed by atoms with Gasteiger partial charge in [-0.3, -0.25) is 4.98 Å². The largest absolute Gasteiger partial charge is 0.358 e. The van der Waals surface area contributed by atoms with Crippen LogP contribution in [0.4, 0.5) is 5.69 Å². The molecule has 0 fully saturated rings. The number of H-pyrrole nitrogens is 1. The molecular weight excluding hydrogens is 330 g/mol. The molecule has 0 aliphatic carbocycles. The van der Waals surface area contributed by atoms with Gasteiger partial charge in [0.1, 0.15) is 0 Å². The number of nitrogens with zero attached hydrogens (tertiary/aromatic N) is 4. The molecular formula is C19H17N5S. The molecule has 0 aliphatic heterocycles. The lowest BCUT2D eigenvalue weighted by atomic mass is 10.1. The molecule has 4 rings (SSSR count). The zero-order chi connectivity index (χ0) is 17.2. The summed E-state index contributed by atoms with van der Waals surface area (Å²) in [4.78, 5) is 13.0. The van der Waals surface area contributed by atoms with Gasteiger partial charge in [-0.15, -0.1) is 11.3 Å². The van der Waals surface area contributed by atoms with Crippen molar-refractivity contribution < 1.29 is 0 Å². The Labute approximate surface area is 149 Å². The molecule has 3 aromatic heterocycles. The van der Waals surface area contributed by atoms with Gasteiger partial charge in [0, 0.05) is 33.7 Å². The van der Waals surface area contributed by atoms with E-state index in [4.69, 9.17) is 0 Å². The average Bonchev–Trinajstić information content (AvgIpc) is 3.13. The fourth-order valence-electron chi connectivity index (χ4n) is 2.71. The minimum atomic E-state index is 0.816. The highest BCUT2D eigenvalue weighted by molar-refractivity contribution is 7.07. The van der Waals surface area contributed by atoms with Crippen LogP contribution in [0.25, 0.3) is 10.9 Å². The van der Waals surface area contributed by atoms with Crippen LogP contribution in [0.1, 0.15) is 17.0 Å². The Morgan fingerprint density at radius 2 is 2.04 bits per heavy atom. The fraction of sp³-hybridized carbons (Fsp3) is 0.105. The molecule has 1 aromatic carbocycles. The molecule has 0 atom stereocenters. The summed E-state index contributed by atoms with van der Waals surface area (Å²) in [6, 6.07) is 12.1. The van der Waals surface area contributed by atoms with E-state index >= 15 is 0 Å². The van der Waals surface area contributed by atoms with E-state index in [1.54, 1.807) is 23.7 Å². The van der Waals surface area contributed by atoms with Crippen molar-refractivity contribution in [3.05, 3.63) is 75.9 Å². The summed E-state index contributed by atoms with van der Waals surface area (Å²) >= 11 is 1.56. The molecule has 0 saturated heterocycles. The van der Waals surface area contributed by atoms with E-state index in [1.165, 1.54) is 5.39 Å². The third-order valence-electron chi connectivity index (χ3n) is 3.97. The van der Waals surface area contributed by atoms with Crippen LogP contribution >= 0.6 is 11.3 Å². The number of aromatic nitrogens is 3. The number of aryl methyl sites for hydroxylation is 2. The van der Waals surface area contributed by atoms with Gasteiger partial charge in [-0.1, -0.05) is 18.2 Å². The number of hydrogen-bond donors (Lipinski definition) is 1. The Morgan fingerprint density at radius 3 is 2.88 bits per heavy atom. The number of thiazole rings is 1. The topological polar surface area (TPSA) is 58.3 Å². The maximum Gasteiger partial charge on any atom is 0.211 e. The van der Waals surface area contributed by atoms with Crippen LogP contribution in [-0.2, 0) is 0 Å². The van der Waals surface area contributed by atoms with Crippen LogP contribution in [0.3, 0.4) is 0 Å². The van der Waals surface area contributed by atoms with Crippen molar-refractivity contribution in [1.29, 1.82) is 0 Å². The Kier molecular flexibility index (Phi) is 4.03. The summed E-state index contributed by atoms with van der Waals surface area (Å²) in [6.45, 7) is 4.09. The van der Waals surface area contributed by atoms with Crippen molar-refractivity contribution in [3.63, 3.8) is 0 Å². The molecule has 1 N–H and O–H groups in total. The first-order chi connectivity index (χ1) is 12.2. The van der Waals surface area contributed by atoms with E-state index in [1.807, 2.05) is 42.1 Å². The molecule has 0 aliphatic rings. The highest BCUT2D eigenvalue weighted by Crippen LogP contribution is 2.20. The van der Waals surface area contributed by atoms with Crippen molar-refractivity contribution in [1.82, 2.24) is 14.6 Å². The van der Waals surface area contributed by atoms with Gasteiger partial charge in [-0.05, 0) is 32.0 Å². The second-order valence-corrected chi connectivity index (χ2v) is 6.58. The Hall–Kier alpha value is -2.99. The number of nitrogens with one attached hydrogen (secondary N) is 1. The third-order valence-corrected chi connectivity index (χ3v) is 4.90. The summed E-state index contributed by atoms with van der Waals surface area (Å²) in [5, 5.41) is 7.90. The zero-order valence-corrected chi connectivity index (χ0v) is 14.8. The fourth-order valence-corrected chi connectivity index (χ4v) is 3.54. The van der Waals surface area contributed by atoms with Gasteiger partial charge < -0.3 is 4.98 Å². The van der Waals surface area contributed by atoms with Gasteiger partial charge in [-0.2, -0.15) is 5.10 Å². The lowest BCUT2D eigenvalue weighted by molar-refractivity contribution is 0.809. The van der Waals surface area contributed by atoms with Crippen LogP contribution in [-0.4, -0.2) is 20.9 Å². The number of para-hydroxylation sites is 1. The van der Waals surface area contributed by atoms with Gasteiger partial charge >= 0.3 is 0 Å². The van der Waals surface area contributed by atoms with Crippen LogP contribution in [0.5, 0.6) is 0 Å². The van der Waals surface area contributed by atoms with Gasteiger partial charge in [0.15, 0.2) is 0 Å². The van der Waals surface area contributed by atoms with E-state index < -0.39 is 0 Å². The molecule has 0 spiro atoms. The van der Waals surface area contributed by atoms with E-state index in [9.17, 15) is 0 Å². The summed E-state index contributed by atoms with van der Waals surface area (Å²) in [7, 11) is 0. The van der Waals surface area contributed by atoms with Crippen molar-refractivity contribution in [2.45, 2.75) is 13.8 Å². The lowest BCUT2D eigenvalue weighted by Gasteiger charge is -1.98. The first kappa shape index (κ1) is 15.5. The first-order valence-corrected chi connectivity index (χ1v) is 8.84. The Balaban J connectivity index is 1.79. The lowest BCUT2D eigenvalue weighted by Crippen LogP contribution is -2.11. The van der Waals surface area contributed by atoms with Gasteiger partial charge in [0.25, 0.3) is 0 Å². The highest BCUT2D eigenvalue weighted by atomic mass is 32.1. The monoisotopic (exact) mass is 347 g/mol. The summed E-state index contributed by atoms with van der Waals surface area (Å²) < 4.78 is 1.86. The van der Waals surface area contributed by atoms with Crippen LogP contribution in [0.15, 0.2) is 64.3 Å². The third kappa shape index (κ3) is 3.04. The SMILES string of the molecule is Cc1[nH]c2ccccc2c1C=Nn1c(C)csc1=Nc1cccnc1. The predicted octanol–water partition coefficient (Wildman–Crippen LogP) is 4.16. The minimum Gasteiger partial charge on any atom is -0.358 e. The van der Waals surface area contributed by atoms with Crippen LogP contribution < -0.4 is 4.80 Å². The smallest absolute Gasteiger partial charge is 0.211 e. The van der Waals surface area contributed by atoms with Crippen LogP contribution in [0, 0.1) is 13.8 Å². The Bertz CT molecular complexity index is 1120. The van der Waals surface area contributed by atoms with E-state index in [0.717, 1.165) is 33.0 Å². The molecule has 3 heterocycles. The van der Waals surface area contributed by atoms with E-state index in [-0.39, 0.29) is 0 Å². The number of fused-ring (bicyclic) bond motifs is 1. The standard InChI is InChI=1S/C19H17N5S/c1-13-12-25-19(23-15-6-5-9-20-10-15)24(13)21-11-17-14(2)22-18-8-4-3-7-16(17)18/h3-12,22H,1-2H3. The van der Waals surface area contributed by atoms with Gasteiger partial charge in [0.05, 0.1) is 23.8 Å². The predicted molar refractivity (Wildman–Crippen MR) is 103 cm³/mol. The summed E-state index contributed by atoms with van der Waals surface area (Å²) in [5.41, 5.74) is 5.18. The van der Waals surface area contributed by atoms with Crippen molar-refractivity contribution in [3.8, 4) is 0 Å². The molecule has 5 nitrogen and oxygen atoms in total. The normalized spacial score (nSPS) is 12.5. The maximum atomic E-state index is 4.68. The number of benzene rings is 1. The second-order valence-electron chi connectivity index (χ2n) is 5.75. The first-order valence-electron chi connectivity index (χ1n) is 7.96. The van der Waals surface area contributed by atoms with Crippen molar-refractivity contribution >= 4 is 34.1 Å². The van der Waals surface area contributed by atoms with E-state index in [2.05, 4.69) is 44.5 Å². The summed E-state index contributed by atoms with van der Waals surface area (Å²) in [5.74, 6) is 0. The molecule has 124 valence electrons. The molecule has 0 unspecified atom stereocenters. The maximum absolute atomic E-state index is 4.68. The molecule has 0 saturated carbocycles. The Morgan fingerprint density at radius 1 is 1.16 bits per heavy atom. The van der Waals surface area contributed by atoms with Crippen LogP contribution in [0.2, 0.25) is 0 Å². The van der Waals surface area contributed by atoms with E-state index in [0.29, 0.717) is 0 Å². The number of pyridine rings is 1. The van der Waals surface area contributed by atoms with Crippen molar-refractivity contribution in [2.24, 2.45) is 10.1 Å². The highest BCUT2D eigenvalue weighted by Gasteiger charge is 2.06. The van der Waals surface area contributed by atoms with Crippen molar-refractivity contribution in [2.75, 3.05) is 0 Å². The van der Waals surface area contributed by atoms with Gasteiger partial charge in [0.2, 0.25) is 4.80 Å². The summed E-state index contributed by atoms with van der Waals surface area (Å²) in [6.07, 6.45) is 5.38.